The van der Waals surface area contributed by atoms with Gasteiger partial charge in [0, 0.05) is 27.3 Å². The van der Waals surface area contributed by atoms with Gasteiger partial charge in [-0.2, -0.15) is 0 Å². The minimum absolute atomic E-state index is 0.0947. The van der Waals surface area contributed by atoms with Crippen molar-refractivity contribution in [1.82, 2.24) is 19.5 Å². The smallest absolute Gasteiger partial charge is 0.277 e. The average molecular weight is 243 g/mol. The van der Waals surface area contributed by atoms with Gasteiger partial charge in [-0.1, -0.05) is 0 Å². The lowest BCUT2D eigenvalue weighted by molar-refractivity contribution is 0.841. The zero-order valence-electron chi connectivity index (χ0n) is 10.4. The average Bonchev–Trinajstić information content (AvgIpc) is 2.73. The van der Waals surface area contributed by atoms with E-state index in [0.717, 1.165) is 11.1 Å². The molecule has 92 valence electrons. The van der Waals surface area contributed by atoms with Crippen LogP contribution in [0.15, 0.2) is 23.4 Å². The second-order valence-electron chi connectivity index (χ2n) is 4.46. The van der Waals surface area contributed by atoms with Gasteiger partial charge < -0.3 is 14.5 Å². The highest BCUT2D eigenvalue weighted by molar-refractivity contribution is 6.09. The monoisotopic (exact) mass is 243 g/mol. The SMILES string of the molecule is CN(C)c1ccnc2[nH]c3c(=O)n(C)cnc3c12. The van der Waals surface area contributed by atoms with Crippen LogP contribution in [0.25, 0.3) is 22.1 Å². The summed E-state index contributed by atoms with van der Waals surface area (Å²) in [6.45, 7) is 0. The van der Waals surface area contributed by atoms with Crippen LogP contribution in [0.2, 0.25) is 0 Å². The van der Waals surface area contributed by atoms with E-state index in [2.05, 4.69) is 15.0 Å². The Morgan fingerprint density at radius 1 is 1.33 bits per heavy atom. The summed E-state index contributed by atoms with van der Waals surface area (Å²) in [6.07, 6.45) is 3.25. The molecule has 3 rings (SSSR count). The van der Waals surface area contributed by atoms with Gasteiger partial charge >= 0.3 is 0 Å². The Hall–Kier alpha value is -2.37. The highest BCUT2D eigenvalue weighted by atomic mass is 16.1. The number of nitrogens with zero attached hydrogens (tertiary/aromatic N) is 4. The van der Waals surface area contributed by atoms with Crippen molar-refractivity contribution in [2.24, 2.45) is 7.05 Å². The molecule has 1 N–H and O–H groups in total. The number of anilines is 1. The van der Waals surface area contributed by atoms with Crippen LogP contribution in [0.1, 0.15) is 0 Å². The molecule has 0 atom stereocenters. The molecule has 0 aliphatic carbocycles. The summed E-state index contributed by atoms with van der Waals surface area (Å²) >= 11 is 0. The zero-order valence-corrected chi connectivity index (χ0v) is 10.4. The van der Waals surface area contributed by atoms with E-state index < -0.39 is 0 Å². The topological polar surface area (TPSA) is 66.8 Å². The molecule has 0 bridgehead atoms. The summed E-state index contributed by atoms with van der Waals surface area (Å²) in [7, 11) is 5.59. The first-order chi connectivity index (χ1) is 8.59. The van der Waals surface area contributed by atoms with E-state index in [4.69, 9.17) is 0 Å². The first-order valence-corrected chi connectivity index (χ1v) is 5.59. The Balaban J connectivity index is 2.57. The maximum Gasteiger partial charge on any atom is 0.277 e. The molecule has 0 radical (unpaired) electrons. The molecule has 3 aromatic heterocycles. The third-order valence-electron chi connectivity index (χ3n) is 3.02. The lowest BCUT2D eigenvalue weighted by Crippen LogP contribution is -2.16. The third kappa shape index (κ3) is 1.32. The van der Waals surface area contributed by atoms with Crippen LogP contribution in [-0.4, -0.2) is 33.6 Å². The molecule has 6 heteroatoms. The van der Waals surface area contributed by atoms with Crippen molar-refractivity contribution in [1.29, 1.82) is 0 Å². The number of fused-ring (bicyclic) bond motifs is 3. The molecule has 0 aliphatic rings. The molecule has 0 unspecified atom stereocenters. The zero-order chi connectivity index (χ0) is 12.9. The third-order valence-corrected chi connectivity index (χ3v) is 3.02. The highest BCUT2D eigenvalue weighted by Gasteiger charge is 2.14. The van der Waals surface area contributed by atoms with E-state index in [1.54, 1.807) is 13.2 Å². The normalized spacial score (nSPS) is 11.3. The molecule has 0 saturated heterocycles. The molecule has 0 amide bonds. The minimum Gasteiger partial charge on any atom is -0.377 e. The van der Waals surface area contributed by atoms with Gasteiger partial charge in [0.1, 0.15) is 16.7 Å². The molecule has 0 aliphatic heterocycles. The van der Waals surface area contributed by atoms with E-state index in [0.29, 0.717) is 16.7 Å². The Kier molecular flexibility index (Phi) is 2.13. The standard InChI is InChI=1S/C12H13N5O/c1-16(2)7-4-5-13-11-8(7)9-10(15-11)12(18)17(3)6-14-9/h4-6H,1-3H3,(H,13,15). The van der Waals surface area contributed by atoms with Gasteiger partial charge in [-0.05, 0) is 6.07 Å². The van der Waals surface area contributed by atoms with Crippen molar-refractivity contribution in [2.75, 3.05) is 19.0 Å². The van der Waals surface area contributed by atoms with E-state index in [1.165, 1.54) is 10.9 Å². The molecule has 0 fully saturated rings. The summed E-state index contributed by atoms with van der Waals surface area (Å²) < 4.78 is 1.45. The van der Waals surface area contributed by atoms with Crippen LogP contribution in [0, 0.1) is 0 Å². The lowest BCUT2D eigenvalue weighted by Gasteiger charge is -2.12. The van der Waals surface area contributed by atoms with Crippen molar-refractivity contribution < 1.29 is 0 Å². The predicted octanol–water partition coefficient (Wildman–Crippen LogP) is 0.876. The number of aryl methyl sites for hydroxylation is 1. The number of nitrogens with one attached hydrogen (secondary N) is 1. The maximum atomic E-state index is 12.0. The van der Waals surface area contributed by atoms with Gasteiger partial charge in [0.05, 0.1) is 17.4 Å². The van der Waals surface area contributed by atoms with E-state index in [9.17, 15) is 4.79 Å². The summed E-state index contributed by atoms with van der Waals surface area (Å²) in [5, 5.41) is 0.884. The number of hydrogen-bond acceptors (Lipinski definition) is 4. The molecule has 0 aromatic carbocycles. The quantitative estimate of drug-likeness (QED) is 0.689. The van der Waals surface area contributed by atoms with Crippen LogP contribution in [0.3, 0.4) is 0 Å². The van der Waals surface area contributed by atoms with Crippen molar-refractivity contribution in [2.45, 2.75) is 0 Å². The Bertz CT molecular complexity index is 799. The summed E-state index contributed by atoms with van der Waals surface area (Å²) in [4.78, 5) is 25.7. The first-order valence-electron chi connectivity index (χ1n) is 5.59. The molecule has 3 heterocycles. The van der Waals surface area contributed by atoms with Crippen LogP contribution in [0.5, 0.6) is 0 Å². The molecule has 6 nitrogen and oxygen atoms in total. The number of aromatic nitrogens is 4. The van der Waals surface area contributed by atoms with Crippen molar-refractivity contribution >= 4 is 27.8 Å². The maximum absolute atomic E-state index is 12.0. The molecule has 0 saturated carbocycles. The van der Waals surface area contributed by atoms with Crippen molar-refractivity contribution in [3.8, 4) is 0 Å². The van der Waals surface area contributed by atoms with Gasteiger partial charge in [0.2, 0.25) is 0 Å². The van der Waals surface area contributed by atoms with Crippen LogP contribution in [-0.2, 0) is 7.05 Å². The number of hydrogen-bond donors (Lipinski definition) is 1. The molecular weight excluding hydrogens is 230 g/mol. The number of H-pyrrole nitrogens is 1. The van der Waals surface area contributed by atoms with Crippen LogP contribution >= 0.6 is 0 Å². The van der Waals surface area contributed by atoms with Gasteiger partial charge in [0.15, 0.2) is 0 Å². The second kappa shape index (κ2) is 3.56. The van der Waals surface area contributed by atoms with E-state index >= 15 is 0 Å². The summed E-state index contributed by atoms with van der Waals surface area (Å²) in [5.41, 5.74) is 2.75. The largest absolute Gasteiger partial charge is 0.377 e. The van der Waals surface area contributed by atoms with Crippen LogP contribution in [0.4, 0.5) is 5.69 Å². The van der Waals surface area contributed by atoms with Crippen molar-refractivity contribution in [3.63, 3.8) is 0 Å². The van der Waals surface area contributed by atoms with E-state index in [-0.39, 0.29) is 5.56 Å². The van der Waals surface area contributed by atoms with Gasteiger partial charge in [-0.15, -0.1) is 0 Å². The van der Waals surface area contributed by atoms with Gasteiger partial charge in [0.25, 0.3) is 5.56 Å². The highest BCUT2D eigenvalue weighted by Crippen LogP contribution is 2.28. The van der Waals surface area contributed by atoms with Crippen LogP contribution < -0.4 is 10.5 Å². The number of aromatic amines is 1. The van der Waals surface area contributed by atoms with Gasteiger partial charge in [-0.25, -0.2) is 9.97 Å². The lowest BCUT2D eigenvalue weighted by atomic mass is 10.2. The molecule has 0 spiro atoms. The number of rotatable bonds is 1. The Labute approximate surface area is 103 Å². The first kappa shape index (κ1) is 10.8. The Morgan fingerprint density at radius 3 is 2.83 bits per heavy atom. The molecule has 18 heavy (non-hydrogen) atoms. The number of pyridine rings is 1. The minimum atomic E-state index is -0.0947. The molecule has 3 aromatic rings. The summed E-state index contributed by atoms with van der Waals surface area (Å²) in [6, 6.07) is 1.91. The fraction of sp³-hybridized carbons (Fsp3) is 0.250. The van der Waals surface area contributed by atoms with Crippen molar-refractivity contribution in [3.05, 3.63) is 28.9 Å². The summed E-state index contributed by atoms with van der Waals surface area (Å²) in [5.74, 6) is 0. The molecular formula is C12H13N5O. The second-order valence-corrected chi connectivity index (χ2v) is 4.46. The van der Waals surface area contributed by atoms with Gasteiger partial charge in [-0.3, -0.25) is 4.79 Å². The predicted molar refractivity (Wildman–Crippen MR) is 71.0 cm³/mol. The Morgan fingerprint density at radius 2 is 2.11 bits per heavy atom. The van der Waals surface area contributed by atoms with E-state index in [1.807, 2.05) is 25.1 Å². The fourth-order valence-corrected chi connectivity index (χ4v) is 2.11. The fourth-order valence-electron chi connectivity index (χ4n) is 2.11.